The Morgan fingerprint density at radius 3 is 2.19 bits per heavy atom. The van der Waals surface area contributed by atoms with Gasteiger partial charge in [-0.15, -0.1) is 0 Å². The molecule has 8 heteroatoms. The number of hydrogen-bond donors (Lipinski definition) is 1. The van der Waals surface area contributed by atoms with Crippen molar-refractivity contribution in [3.8, 4) is 0 Å². The van der Waals surface area contributed by atoms with E-state index in [0.29, 0.717) is 29.8 Å². The highest BCUT2D eigenvalue weighted by atomic mass is 16.3. The highest BCUT2D eigenvalue weighted by Gasteiger charge is 2.18. The summed E-state index contributed by atoms with van der Waals surface area (Å²) in [5.41, 5.74) is 1.25. The van der Waals surface area contributed by atoms with Crippen molar-refractivity contribution in [3.05, 3.63) is 57.0 Å². The molecule has 0 aliphatic heterocycles. The summed E-state index contributed by atoms with van der Waals surface area (Å²) in [7, 11) is 3.11. The van der Waals surface area contributed by atoms with Gasteiger partial charge < -0.3 is 23.8 Å². The van der Waals surface area contributed by atoms with Crippen LogP contribution < -0.4 is 21.3 Å². The van der Waals surface area contributed by atoms with E-state index >= 15 is 0 Å². The topological polar surface area (TPSA) is 89.5 Å². The van der Waals surface area contributed by atoms with Crippen LogP contribution in [0, 0.1) is 0 Å². The van der Waals surface area contributed by atoms with Crippen molar-refractivity contribution in [1.82, 2.24) is 9.13 Å². The van der Waals surface area contributed by atoms with Gasteiger partial charge in [0, 0.05) is 27.2 Å². The van der Waals surface area contributed by atoms with Crippen molar-refractivity contribution in [2.45, 2.75) is 13.8 Å². The quantitative estimate of drug-likeness (QED) is 0.693. The summed E-state index contributed by atoms with van der Waals surface area (Å²) in [6.45, 7) is 5.44. The van der Waals surface area contributed by atoms with Gasteiger partial charge in [0.15, 0.2) is 5.76 Å². The molecule has 2 aromatic heterocycles. The maximum absolute atomic E-state index is 12.5. The number of nitrogens with one attached hydrogen (secondary N) is 1. The van der Waals surface area contributed by atoms with E-state index in [1.165, 1.54) is 15.4 Å². The fourth-order valence-corrected chi connectivity index (χ4v) is 3.13. The summed E-state index contributed by atoms with van der Waals surface area (Å²) in [6.07, 6.45) is 1.43. The average Bonchev–Trinajstić information content (AvgIpc) is 3.21. The molecule has 1 aromatic carbocycles. The van der Waals surface area contributed by atoms with Crippen LogP contribution >= 0.6 is 0 Å². The number of amides is 1. The minimum absolute atomic E-state index is 0.190. The lowest BCUT2D eigenvalue weighted by Gasteiger charge is -2.25. The van der Waals surface area contributed by atoms with Crippen LogP contribution in [0.2, 0.25) is 0 Å². The highest BCUT2D eigenvalue weighted by Crippen LogP contribution is 2.31. The molecule has 0 aliphatic rings. The first kappa shape index (κ1) is 18.5. The number of carbonyl (C=O) groups excluding carboxylic acids is 1. The van der Waals surface area contributed by atoms with Crippen molar-refractivity contribution in [1.29, 1.82) is 0 Å². The van der Waals surface area contributed by atoms with Gasteiger partial charge in [-0.05, 0) is 38.1 Å². The Balaban J connectivity index is 2.26. The van der Waals surface area contributed by atoms with Crippen molar-refractivity contribution in [2.75, 3.05) is 23.3 Å². The molecule has 0 bridgehead atoms. The van der Waals surface area contributed by atoms with Gasteiger partial charge >= 0.3 is 11.1 Å². The van der Waals surface area contributed by atoms with E-state index in [1.807, 2.05) is 19.9 Å². The lowest BCUT2D eigenvalue weighted by Crippen LogP contribution is -2.39. The van der Waals surface area contributed by atoms with Crippen molar-refractivity contribution < 1.29 is 9.21 Å². The molecule has 0 saturated heterocycles. The van der Waals surface area contributed by atoms with Gasteiger partial charge in [0.1, 0.15) is 0 Å². The zero-order valence-electron chi connectivity index (χ0n) is 15.8. The Kier molecular flexibility index (Phi) is 4.89. The minimum atomic E-state index is -0.621. The predicted octanol–water partition coefficient (Wildman–Crippen LogP) is 1.93. The Bertz CT molecular complexity index is 1110. The van der Waals surface area contributed by atoms with E-state index in [2.05, 4.69) is 10.2 Å². The smallest absolute Gasteiger partial charge is 0.316 e. The van der Waals surface area contributed by atoms with E-state index < -0.39 is 11.1 Å². The molecule has 1 amide bonds. The maximum atomic E-state index is 12.5. The molecule has 8 nitrogen and oxygen atoms in total. The zero-order valence-corrected chi connectivity index (χ0v) is 15.8. The van der Waals surface area contributed by atoms with Gasteiger partial charge in [0.25, 0.3) is 5.91 Å². The summed E-state index contributed by atoms with van der Waals surface area (Å²) in [6, 6.07) is 6.75. The second-order valence-corrected chi connectivity index (χ2v) is 6.19. The summed E-state index contributed by atoms with van der Waals surface area (Å²) in [5, 5.41) is 2.86. The number of aromatic nitrogens is 2. The molecule has 3 rings (SSSR count). The Morgan fingerprint density at radius 1 is 1.07 bits per heavy atom. The molecule has 0 unspecified atom stereocenters. The third kappa shape index (κ3) is 3.14. The van der Waals surface area contributed by atoms with Gasteiger partial charge in [-0.2, -0.15) is 0 Å². The molecule has 27 heavy (non-hydrogen) atoms. The van der Waals surface area contributed by atoms with Crippen LogP contribution in [0.5, 0.6) is 0 Å². The van der Waals surface area contributed by atoms with E-state index in [0.717, 1.165) is 5.69 Å². The fraction of sp³-hybridized carbons (Fsp3) is 0.316. The molecular formula is C19H22N4O4. The second-order valence-electron chi connectivity index (χ2n) is 6.19. The number of anilines is 2. The van der Waals surface area contributed by atoms with Crippen molar-refractivity contribution in [2.24, 2.45) is 14.1 Å². The maximum Gasteiger partial charge on any atom is 0.316 e. The van der Waals surface area contributed by atoms with Gasteiger partial charge in [-0.3, -0.25) is 14.4 Å². The second kappa shape index (κ2) is 7.14. The number of rotatable bonds is 5. The van der Waals surface area contributed by atoms with Crippen LogP contribution in [-0.2, 0) is 14.1 Å². The minimum Gasteiger partial charge on any atom is -0.459 e. The van der Waals surface area contributed by atoms with Gasteiger partial charge in [0.05, 0.1) is 28.7 Å². The molecule has 0 radical (unpaired) electrons. The standard InChI is InChI=1S/C19H22N4O4/c1-5-23(6-2)13-11-15-14(21(3)18(25)19(26)22(15)4)10-12(13)20-17(24)16-8-7-9-27-16/h7-11H,5-6H2,1-4H3,(H,20,24). The first-order chi connectivity index (χ1) is 12.9. The summed E-state index contributed by atoms with van der Waals surface area (Å²) >= 11 is 0. The van der Waals surface area contributed by atoms with E-state index in [9.17, 15) is 14.4 Å². The van der Waals surface area contributed by atoms with Crippen LogP contribution in [0.4, 0.5) is 11.4 Å². The summed E-state index contributed by atoms with van der Waals surface area (Å²) in [5.74, 6) is -0.197. The number of aryl methyl sites for hydroxylation is 2. The van der Waals surface area contributed by atoms with E-state index in [-0.39, 0.29) is 11.7 Å². The lowest BCUT2D eigenvalue weighted by atomic mass is 10.2. The first-order valence-corrected chi connectivity index (χ1v) is 8.72. The Labute approximate surface area is 155 Å². The largest absolute Gasteiger partial charge is 0.459 e. The zero-order chi connectivity index (χ0) is 19.7. The molecule has 142 valence electrons. The number of furan rings is 1. The third-order valence-electron chi connectivity index (χ3n) is 4.71. The molecule has 0 spiro atoms. The number of fused-ring (bicyclic) bond motifs is 1. The van der Waals surface area contributed by atoms with Crippen LogP contribution in [0.1, 0.15) is 24.4 Å². The average molecular weight is 370 g/mol. The van der Waals surface area contributed by atoms with E-state index in [1.54, 1.807) is 32.3 Å². The number of benzene rings is 1. The SMILES string of the molecule is CCN(CC)c1cc2c(cc1NC(=O)c1ccco1)n(C)c(=O)c(=O)n2C. The molecule has 0 aliphatic carbocycles. The lowest BCUT2D eigenvalue weighted by molar-refractivity contribution is 0.0996. The molecule has 0 saturated carbocycles. The summed E-state index contributed by atoms with van der Waals surface area (Å²) < 4.78 is 7.79. The van der Waals surface area contributed by atoms with Crippen LogP contribution in [0.25, 0.3) is 11.0 Å². The van der Waals surface area contributed by atoms with Crippen molar-refractivity contribution >= 4 is 28.3 Å². The monoisotopic (exact) mass is 370 g/mol. The van der Waals surface area contributed by atoms with Gasteiger partial charge in [-0.1, -0.05) is 0 Å². The molecule has 3 aromatic rings. The van der Waals surface area contributed by atoms with Crippen LogP contribution in [0.15, 0.2) is 44.5 Å². The predicted molar refractivity (Wildman–Crippen MR) is 105 cm³/mol. The van der Waals surface area contributed by atoms with Crippen LogP contribution in [-0.4, -0.2) is 28.1 Å². The van der Waals surface area contributed by atoms with Crippen molar-refractivity contribution in [3.63, 3.8) is 0 Å². The number of carbonyl (C=O) groups is 1. The number of nitrogens with zero attached hydrogens (tertiary/aromatic N) is 3. The molecular weight excluding hydrogens is 348 g/mol. The molecule has 2 heterocycles. The Morgan fingerprint density at radius 2 is 1.67 bits per heavy atom. The first-order valence-electron chi connectivity index (χ1n) is 8.72. The normalized spacial score (nSPS) is 11.0. The summed E-state index contributed by atoms with van der Waals surface area (Å²) in [4.78, 5) is 38.9. The van der Waals surface area contributed by atoms with Crippen LogP contribution in [0.3, 0.4) is 0 Å². The van der Waals surface area contributed by atoms with E-state index in [4.69, 9.17) is 4.42 Å². The fourth-order valence-electron chi connectivity index (χ4n) is 3.13. The molecule has 1 N–H and O–H groups in total. The third-order valence-corrected chi connectivity index (χ3v) is 4.71. The molecule has 0 fully saturated rings. The molecule has 0 atom stereocenters. The number of hydrogen-bond acceptors (Lipinski definition) is 5. The van der Waals surface area contributed by atoms with Gasteiger partial charge in [0.2, 0.25) is 0 Å². The Hall–Kier alpha value is -3.29. The van der Waals surface area contributed by atoms with Gasteiger partial charge in [-0.25, -0.2) is 0 Å². The highest BCUT2D eigenvalue weighted by molar-refractivity contribution is 6.05.